The van der Waals surface area contributed by atoms with E-state index in [9.17, 15) is 9.90 Å². The Morgan fingerprint density at radius 2 is 1.86 bits per heavy atom. The Morgan fingerprint density at radius 1 is 1.10 bits per heavy atom. The standard InChI is InChI=1S/C15H10ClN3O2/c16-13-7-6-12(15(20)21)14(18-13)19-9-11(8-17-19)10-4-2-1-3-5-10/h1-9H,(H,20,21). The third-order valence-electron chi connectivity index (χ3n) is 2.98. The third kappa shape index (κ3) is 2.64. The number of pyridine rings is 1. The van der Waals surface area contributed by atoms with Crippen molar-refractivity contribution in [2.75, 3.05) is 0 Å². The number of aromatic nitrogens is 3. The molecule has 2 aromatic heterocycles. The van der Waals surface area contributed by atoms with E-state index in [1.165, 1.54) is 16.8 Å². The molecule has 0 amide bonds. The average Bonchev–Trinajstić information content (AvgIpc) is 2.97. The second kappa shape index (κ2) is 5.38. The molecule has 0 aliphatic carbocycles. The van der Waals surface area contributed by atoms with Gasteiger partial charge in [0.1, 0.15) is 10.7 Å². The molecule has 0 bridgehead atoms. The van der Waals surface area contributed by atoms with Crippen molar-refractivity contribution >= 4 is 17.6 Å². The Labute approximate surface area is 125 Å². The van der Waals surface area contributed by atoms with E-state index in [4.69, 9.17) is 11.6 Å². The molecule has 1 aromatic carbocycles. The number of carbonyl (C=O) groups is 1. The summed E-state index contributed by atoms with van der Waals surface area (Å²) in [5.41, 5.74) is 1.90. The minimum atomic E-state index is -1.08. The fourth-order valence-electron chi connectivity index (χ4n) is 1.99. The van der Waals surface area contributed by atoms with E-state index in [-0.39, 0.29) is 16.5 Å². The van der Waals surface area contributed by atoms with Gasteiger partial charge in [0.25, 0.3) is 0 Å². The highest BCUT2D eigenvalue weighted by Crippen LogP contribution is 2.21. The molecule has 0 saturated heterocycles. The van der Waals surface area contributed by atoms with Gasteiger partial charge in [0.15, 0.2) is 5.82 Å². The van der Waals surface area contributed by atoms with Gasteiger partial charge in [-0.1, -0.05) is 41.9 Å². The Hall–Kier alpha value is -2.66. The second-order valence-electron chi connectivity index (χ2n) is 4.35. The Balaban J connectivity index is 2.08. The van der Waals surface area contributed by atoms with Gasteiger partial charge >= 0.3 is 5.97 Å². The monoisotopic (exact) mass is 299 g/mol. The van der Waals surface area contributed by atoms with Crippen LogP contribution < -0.4 is 0 Å². The van der Waals surface area contributed by atoms with Gasteiger partial charge in [0, 0.05) is 11.8 Å². The van der Waals surface area contributed by atoms with Crippen molar-refractivity contribution in [1.82, 2.24) is 14.8 Å². The maximum Gasteiger partial charge on any atom is 0.339 e. The van der Waals surface area contributed by atoms with Crippen LogP contribution in [0.15, 0.2) is 54.9 Å². The van der Waals surface area contributed by atoms with Gasteiger partial charge in [0.05, 0.1) is 6.20 Å². The van der Waals surface area contributed by atoms with Crippen molar-refractivity contribution in [2.24, 2.45) is 0 Å². The van der Waals surface area contributed by atoms with Crippen LogP contribution in [0.25, 0.3) is 16.9 Å². The maximum absolute atomic E-state index is 11.3. The molecule has 0 radical (unpaired) electrons. The molecular formula is C15H10ClN3O2. The van der Waals surface area contributed by atoms with E-state index in [0.717, 1.165) is 11.1 Å². The summed E-state index contributed by atoms with van der Waals surface area (Å²) in [6.45, 7) is 0. The number of rotatable bonds is 3. The van der Waals surface area contributed by atoms with Gasteiger partial charge < -0.3 is 5.11 Å². The quantitative estimate of drug-likeness (QED) is 0.754. The zero-order valence-electron chi connectivity index (χ0n) is 10.8. The normalized spacial score (nSPS) is 10.5. The van der Waals surface area contributed by atoms with Crippen LogP contribution in [-0.2, 0) is 0 Å². The summed E-state index contributed by atoms with van der Waals surface area (Å²) >= 11 is 5.85. The van der Waals surface area contributed by atoms with Gasteiger partial charge in [-0.15, -0.1) is 0 Å². The summed E-state index contributed by atoms with van der Waals surface area (Å²) in [4.78, 5) is 15.3. The van der Waals surface area contributed by atoms with Gasteiger partial charge in [-0.3, -0.25) is 0 Å². The SMILES string of the molecule is O=C(O)c1ccc(Cl)nc1-n1cc(-c2ccccc2)cn1. The number of halogens is 1. The summed E-state index contributed by atoms with van der Waals surface area (Å²) in [6.07, 6.45) is 3.38. The lowest BCUT2D eigenvalue weighted by atomic mass is 10.1. The molecule has 0 saturated carbocycles. The minimum absolute atomic E-state index is 0.0436. The first-order valence-electron chi connectivity index (χ1n) is 6.15. The molecule has 6 heteroatoms. The molecule has 21 heavy (non-hydrogen) atoms. The molecule has 2 heterocycles. The second-order valence-corrected chi connectivity index (χ2v) is 4.74. The van der Waals surface area contributed by atoms with Crippen molar-refractivity contribution in [2.45, 2.75) is 0 Å². The molecule has 0 aliphatic rings. The van der Waals surface area contributed by atoms with E-state index in [2.05, 4.69) is 10.1 Å². The summed E-state index contributed by atoms with van der Waals surface area (Å²) in [5, 5.41) is 13.6. The molecule has 0 spiro atoms. The first-order chi connectivity index (χ1) is 10.1. The Morgan fingerprint density at radius 3 is 2.57 bits per heavy atom. The van der Waals surface area contributed by atoms with E-state index in [1.54, 1.807) is 12.4 Å². The van der Waals surface area contributed by atoms with Crippen LogP contribution in [0.3, 0.4) is 0 Å². The van der Waals surface area contributed by atoms with Gasteiger partial charge in [0.2, 0.25) is 0 Å². The fraction of sp³-hybridized carbons (Fsp3) is 0. The van der Waals surface area contributed by atoms with Crippen LogP contribution in [0.5, 0.6) is 0 Å². The highest BCUT2D eigenvalue weighted by Gasteiger charge is 2.15. The van der Waals surface area contributed by atoms with Gasteiger partial charge in [-0.05, 0) is 17.7 Å². The fourth-order valence-corrected chi connectivity index (χ4v) is 2.13. The molecule has 1 N–H and O–H groups in total. The summed E-state index contributed by atoms with van der Waals surface area (Å²) in [5.74, 6) is -0.886. The number of benzene rings is 1. The smallest absolute Gasteiger partial charge is 0.339 e. The molecule has 3 aromatic rings. The molecule has 0 fully saturated rings. The lowest BCUT2D eigenvalue weighted by Crippen LogP contribution is -2.08. The molecule has 0 atom stereocenters. The number of nitrogens with zero attached hydrogens (tertiary/aromatic N) is 3. The molecule has 0 unspecified atom stereocenters. The lowest BCUT2D eigenvalue weighted by molar-refractivity contribution is 0.0696. The van der Waals surface area contributed by atoms with Crippen LogP contribution in [0.2, 0.25) is 5.15 Å². The van der Waals surface area contributed by atoms with Crippen LogP contribution >= 0.6 is 11.6 Å². The third-order valence-corrected chi connectivity index (χ3v) is 3.19. The van der Waals surface area contributed by atoms with E-state index in [1.807, 2.05) is 30.3 Å². The van der Waals surface area contributed by atoms with Crippen molar-refractivity contribution in [3.8, 4) is 16.9 Å². The number of hydrogen-bond donors (Lipinski definition) is 1. The van der Waals surface area contributed by atoms with Crippen molar-refractivity contribution in [1.29, 1.82) is 0 Å². The molecule has 0 aliphatic heterocycles. The zero-order valence-corrected chi connectivity index (χ0v) is 11.5. The average molecular weight is 300 g/mol. The first-order valence-corrected chi connectivity index (χ1v) is 6.53. The predicted molar refractivity (Wildman–Crippen MR) is 78.8 cm³/mol. The zero-order chi connectivity index (χ0) is 14.8. The van der Waals surface area contributed by atoms with Crippen molar-refractivity contribution < 1.29 is 9.90 Å². The largest absolute Gasteiger partial charge is 0.478 e. The van der Waals surface area contributed by atoms with Gasteiger partial charge in [-0.25, -0.2) is 14.5 Å². The molecule has 5 nitrogen and oxygen atoms in total. The van der Waals surface area contributed by atoms with Crippen molar-refractivity contribution in [3.05, 3.63) is 65.6 Å². The number of hydrogen-bond acceptors (Lipinski definition) is 3. The van der Waals surface area contributed by atoms with Gasteiger partial charge in [-0.2, -0.15) is 5.10 Å². The van der Waals surface area contributed by atoms with Crippen LogP contribution in [0.4, 0.5) is 0 Å². The number of carboxylic acids is 1. The topological polar surface area (TPSA) is 68.0 Å². The van der Waals surface area contributed by atoms with E-state index < -0.39 is 5.97 Å². The minimum Gasteiger partial charge on any atom is -0.478 e. The van der Waals surface area contributed by atoms with Crippen LogP contribution in [0, 0.1) is 0 Å². The Bertz CT molecular complexity index is 800. The highest BCUT2D eigenvalue weighted by molar-refractivity contribution is 6.29. The lowest BCUT2D eigenvalue weighted by Gasteiger charge is -2.05. The highest BCUT2D eigenvalue weighted by atomic mass is 35.5. The summed E-state index contributed by atoms with van der Waals surface area (Å²) < 4.78 is 1.41. The van der Waals surface area contributed by atoms with Crippen molar-refractivity contribution in [3.63, 3.8) is 0 Å². The maximum atomic E-state index is 11.3. The van der Waals surface area contributed by atoms with Crippen LogP contribution in [-0.4, -0.2) is 25.8 Å². The first kappa shape index (κ1) is 13.3. The number of aromatic carboxylic acids is 1. The molecule has 104 valence electrons. The molecule has 3 rings (SSSR count). The Kier molecular flexibility index (Phi) is 3.41. The predicted octanol–water partition coefficient (Wildman–Crippen LogP) is 3.29. The van der Waals surface area contributed by atoms with E-state index in [0.29, 0.717) is 0 Å². The molecular weight excluding hydrogens is 290 g/mol. The summed E-state index contributed by atoms with van der Waals surface area (Å²) in [6, 6.07) is 12.5. The van der Waals surface area contributed by atoms with Crippen LogP contribution in [0.1, 0.15) is 10.4 Å². The van der Waals surface area contributed by atoms with E-state index >= 15 is 0 Å². The number of carboxylic acid groups (broad SMARTS) is 1. The summed E-state index contributed by atoms with van der Waals surface area (Å²) in [7, 11) is 0.